The lowest BCUT2D eigenvalue weighted by molar-refractivity contribution is 0.0737. The van der Waals surface area contributed by atoms with E-state index in [2.05, 4.69) is 4.98 Å². The lowest BCUT2D eigenvalue weighted by Crippen LogP contribution is -2.30. The number of aliphatic hydroxyl groups excluding tert-OH is 1. The first-order valence-corrected chi connectivity index (χ1v) is 7.18. The molecule has 0 saturated heterocycles. The summed E-state index contributed by atoms with van der Waals surface area (Å²) in [5, 5.41) is 8.90. The largest absolute Gasteiger partial charge is 0.390 e. The molecule has 0 spiro atoms. The Balaban J connectivity index is 2.67. The molecule has 0 aliphatic carbocycles. The van der Waals surface area contributed by atoms with Crippen LogP contribution in [0.2, 0.25) is 0 Å². The molecule has 0 atom stereocenters. The van der Waals surface area contributed by atoms with Gasteiger partial charge in [-0.25, -0.2) is 8.42 Å². The van der Waals surface area contributed by atoms with Crippen molar-refractivity contribution in [2.24, 2.45) is 0 Å². The van der Waals surface area contributed by atoms with Gasteiger partial charge in [0.15, 0.2) is 0 Å². The number of hydrogen-bond acceptors (Lipinski definition) is 4. The van der Waals surface area contributed by atoms with E-state index in [4.69, 9.17) is 9.84 Å². The Morgan fingerprint density at radius 3 is 2.67 bits per heavy atom. The van der Waals surface area contributed by atoms with Crippen molar-refractivity contribution in [2.45, 2.75) is 31.5 Å². The SMILES string of the molecule is CC(C)OCCN(C)S(=O)(=O)c1c[nH]c(CO)c1. The van der Waals surface area contributed by atoms with E-state index in [-0.39, 0.29) is 17.6 Å². The van der Waals surface area contributed by atoms with Crippen LogP contribution in [0.5, 0.6) is 0 Å². The van der Waals surface area contributed by atoms with Crippen LogP contribution in [0.4, 0.5) is 0 Å². The molecule has 104 valence electrons. The maximum absolute atomic E-state index is 12.1. The molecule has 0 unspecified atom stereocenters. The fraction of sp³-hybridized carbons (Fsp3) is 0.636. The molecule has 0 aliphatic heterocycles. The first-order valence-electron chi connectivity index (χ1n) is 5.74. The summed E-state index contributed by atoms with van der Waals surface area (Å²) in [6.45, 7) is 4.23. The molecule has 0 fully saturated rings. The molecule has 0 amide bonds. The fourth-order valence-electron chi connectivity index (χ4n) is 1.38. The maximum atomic E-state index is 12.1. The minimum absolute atomic E-state index is 0.0781. The average Bonchev–Trinajstić information content (AvgIpc) is 2.77. The van der Waals surface area contributed by atoms with E-state index in [1.807, 2.05) is 13.8 Å². The Bertz CT molecular complexity index is 467. The number of H-pyrrole nitrogens is 1. The number of likely N-dealkylation sites (N-methyl/N-ethyl adjacent to an activating group) is 1. The molecule has 0 saturated carbocycles. The Kier molecular flexibility index (Phi) is 5.33. The van der Waals surface area contributed by atoms with Gasteiger partial charge in [-0.1, -0.05) is 0 Å². The smallest absolute Gasteiger partial charge is 0.244 e. The van der Waals surface area contributed by atoms with Crippen molar-refractivity contribution in [3.05, 3.63) is 18.0 Å². The summed E-state index contributed by atoms with van der Waals surface area (Å²) in [5.74, 6) is 0. The van der Waals surface area contributed by atoms with Crippen LogP contribution in [-0.4, -0.2) is 49.1 Å². The number of sulfonamides is 1. The van der Waals surface area contributed by atoms with Gasteiger partial charge in [0.25, 0.3) is 0 Å². The van der Waals surface area contributed by atoms with Gasteiger partial charge in [-0.2, -0.15) is 4.31 Å². The second-order valence-corrected chi connectivity index (χ2v) is 6.31. The highest BCUT2D eigenvalue weighted by atomic mass is 32.2. The first-order chi connectivity index (χ1) is 8.37. The fourth-order valence-corrected chi connectivity index (χ4v) is 2.55. The highest BCUT2D eigenvalue weighted by Crippen LogP contribution is 2.15. The minimum atomic E-state index is -3.52. The molecule has 0 aromatic carbocycles. The molecule has 1 aromatic rings. The molecule has 2 N–H and O–H groups in total. The van der Waals surface area contributed by atoms with E-state index in [1.165, 1.54) is 23.6 Å². The van der Waals surface area contributed by atoms with Crippen molar-refractivity contribution in [3.63, 3.8) is 0 Å². The van der Waals surface area contributed by atoms with Gasteiger partial charge >= 0.3 is 0 Å². The van der Waals surface area contributed by atoms with Crippen LogP contribution in [-0.2, 0) is 21.4 Å². The van der Waals surface area contributed by atoms with Gasteiger partial charge in [-0.05, 0) is 19.9 Å². The van der Waals surface area contributed by atoms with Gasteiger partial charge in [0.05, 0.1) is 24.2 Å². The zero-order valence-corrected chi connectivity index (χ0v) is 11.7. The number of ether oxygens (including phenoxy) is 1. The van der Waals surface area contributed by atoms with Gasteiger partial charge in [0.1, 0.15) is 0 Å². The Hall–Kier alpha value is -0.890. The van der Waals surface area contributed by atoms with Crippen molar-refractivity contribution in [1.82, 2.24) is 9.29 Å². The summed E-state index contributed by atoms with van der Waals surface area (Å²) in [4.78, 5) is 2.86. The third-order valence-electron chi connectivity index (χ3n) is 2.45. The molecule has 0 aliphatic rings. The summed E-state index contributed by atoms with van der Waals surface area (Å²) in [5.41, 5.74) is 0.473. The highest BCUT2D eigenvalue weighted by molar-refractivity contribution is 7.89. The van der Waals surface area contributed by atoms with Gasteiger partial charge in [-0.3, -0.25) is 0 Å². The summed E-state index contributed by atoms with van der Waals surface area (Å²) in [6.07, 6.45) is 1.45. The average molecular weight is 276 g/mol. The van der Waals surface area contributed by atoms with Crippen LogP contribution in [0.1, 0.15) is 19.5 Å². The van der Waals surface area contributed by atoms with E-state index in [9.17, 15) is 8.42 Å². The maximum Gasteiger partial charge on any atom is 0.244 e. The van der Waals surface area contributed by atoms with Crippen LogP contribution in [0.15, 0.2) is 17.2 Å². The first kappa shape index (κ1) is 15.2. The van der Waals surface area contributed by atoms with Crippen molar-refractivity contribution < 1.29 is 18.3 Å². The predicted molar refractivity (Wildman–Crippen MR) is 67.6 cm³/mol. The molecule has 1 aromatic heterocycles. The molecule has 0 bridgehead atoms. The van der Waals surface area contributed by atoms with Crippen LogP contribution < -0.4 is 0 Å². The van der Waals surface area contributed by atoms with Crippen LogP contribution in [0, 0.1) is 0 Å². The predicted octanol–water partition coefficient (Wildman–Crippen LogP) is 0.552. The summed E-state index contributed by atoms with van der Waals surface area (Å²) in [6, 6.07) is 1.43. The summed E-state index contributed by atoms with van der Waals surface area (Å²) in [7, 11) is -2.01. The summed E-state index contributed by atoms with van der Waals surface area (Å²) >= 11 is 0. The van der Waals surface area contributed by atoms with Gasteiger partial charge < -0.3 is 14.8 Å². The monoisotopic (exact) mass is 276 g/mol. The van der Waals surface area contributed by atoms with E-state index < -0.39 is 10.0 Å². The van der Waals surface area contributed by atoms with Crippen LogP contribution in [0.25, 0.3) is 0 Å². The lowest BCUT2D eigenvalue weighted by Gasteiger charge is -2.17. The third-order valence-corrected chi connectivity index (χ3v) is 4.29. The second-order valence-electron chi connectivity index (χ2n) is 4.26. The standard InChI is InChI=1S/C11H20N2O4S/c1-9(2)17-5-4-13(3)18(15,16)11-6-10(8-14)12-7-11/h6-7,9,12,14H,4-5,8H2,1-3H3. The molecule has 18 heavy (non-hydrogen) atoms. The van der Waals surface area contributed by atoms with Crippen LogP contribution in [0.3, 0.4) is 0 Å². The number of hydrogen-bond donors (Lipinski definition) is 2. The molecule has 1 heterocycles. The van der Waals surface area contributed by atoms with E-state index in [0.717, 1.165) is 0 Å². The molecule has 7 heteroatoms. The Morgan fingerprint density at radius 2 is 2.17 bits per heavy atom. The minimum Gasteiger partial charge on any atom is -0.390 e. The highest BCUT2D eigenvalue weighted by Gasteiger charge is 2.21. The van der Waals surface area contributed by atoms with E-state index in [1.54, 1.807) is 0 Å². The van der Waals surface area contributed by atoms with Crippen molar-refractivity contribution in [2.75, 3.05) is 20.2 Å². The molecular formula is C11H20N2O4S. The van der Waals surface area contributed by atoms with E-state index in [0.29, 0.717) is 18.8 Å². The Morgan fingerprint density at radius 1 is 1.50 bits per heavy atom. The Labute approximate surface area is 108 Å². The van der Waals surface area contributed by atoms with Crippen molar-refractivity contribution in [3.8, 4) is 0 Å². The lowest BCUT2D eigenvalue weighted by atomic mass is 10.5. The number of aliphatic hydroxyl groups is 1. The normalized spacial score (nSPS) is 12.6. The third kappa shape index (κ3) is 3.81. The van der Waals surface area contributed by atoms with E-state index >= 15 is 0 Å². The molecule has 0 radical (unpaired) electrons. The number of aromatic amines is 1. The molecule has 1 rings (SSSR count). The second kappa shape index (κ2) is 6.33. The summed E-state index contributed by atoms with van der Waals surface area (Å²) < 4.78 is 30.8. The number of rotatable bonds is 7. The quantitative estimate of drug-likeness (QED) is 0.762. The van der Waals surface area contributed by atoms with Gasteiger partial charge in [-0.15, -0.1) is 0 Å². The van der Waals surface area contributed by atoms with Gasteiger partial charge in [0.2, 0.25) is 10.0 Å². The number of nitrogens with one attached hydrogen (secondary N) is 1. The zero-order valence-electron chi connectivity index (χ0n) is 10.9. The zero-order chi connectivity index (χ0) is 13.8. The van der Waals surface area contributed by atoms with Crippen molar-refractivity contribution >= 4 is 10.0 Å². The van der Waals surface area contributed by atoms with Crippen molar-refractivity contribution in [1.29, 1.82) is 0 Å². The molecular weight excluding hydrogens is 256 g/mol. The molecule has 6 nitrogen and oxygen atoms in total. The van der Waals surface area contributed by atoms with Crippen LogP contribution >= 0.6 is 0 Å². The number of aromatic nitrogens is 1. The van der Waals surface area contributed by atoms with Gasteiger partial charge in [0, 0.05) is 25.5 Å². The number of nitrogens with zero attached hydrogens (tertiary/aromatic N) is 1. The topological polar surface area (TPSA) is 82.6 Å².